The molecule has 0 aliphatic carbocycles. The zero-order chi connectivity index (χ0) is 27.4. The van der Waals surface area contributed by atoms with Gasteiger partial charge in [-0.05, 0) is 85.9 Å². The SMILES string of the molecule is COc1ccc(S(=O)(=O)N2C[C@H](C(=O)NCc3ccc(CN4CCCCC4)cc3)Oc3cc(C)ccc32)cc1. The quantitative estimate of drug-likeness (QED) is 0.452. The van der Waals surface area contributed by atoms with Gasteiger partial charge in [0.05, 0.1) is 24.2 Å². The van der Waals surface area contributed by atoms with E-state index in [0.29, 0.717) is 23.7 Å². The van der Waals surface area contributed by atoms with Crippen LogP contribution in [0.3, 0.4) is 0 Å². The van der Waals surface area contributed by atoms with Gasteiger partial charge in [-0.2, -0.15) is 0 Å². The number of hydrogen-bond acceptors (Lipinski definition) is 6. The Morgan fingerprint density at radius 2 is 1.67 bits per heavy atom. The Balaban J connectivity index is 1.28. The van der Waals surface area contributed by atoms with Gasteiger partial charge in [-0.15, -0.1) is 0 Å². The summed E-state index contributed by atoms with van der Waals surface area (Å²) >= 11 is 0. The number of carbonyl (C=O) groups is 1. The van der Waals surface area contributed by atoms with E-state index in [4.69, 9.17) is 9.47 Å². The van der Waals surface area contributed by atoms with Crippen LogP contribution in [0.5, 0.6) is 11.5 Å². The maximum absolute atomic E-state index is 13.7. The second kappa shape index (κ2) is 11.7. The minimum absolute atomic E-state index is 0.112. The molecule has 1 atom stereocenters. The molecule has 0 radical (unpaired) electrons. The molecular formula is C30H35N3O5S. The van der Waals surface area contributed by atoms with E-state index in [1.165, 1.54) is 48.4 Å². The Labute approximate surface area is 230 Å². The molecule has 1 N–H and O–H groups in total. The van der Waals surface area contributed by atoms with Crippen molar-refractivity contribution in [2.24, 2.45) is 0 Å². The summed E-state index contributed by atoms with van der Waals surface area (Å²) in [5, 5.41) is 2.93. The normalized spacial score (nSPS) is 17.7. The van der Waals surface area contributed by atoms with Gasteiger partial charge in [0.1, 0.15) is 11.5 Å². The fourth-order valence-electron chi connectivity index (χ4n) is 5.04. The van der Waals surface area contributed by atoms with Crippen LogP contribution < -0.4 is 19.1 Å². The van der Waals surface area contributed by atoms with E-state index >= 15 is 0 Å². The highest BCUT2D eigenvalue weighted by atomic mass is 32.2. The van der Waals surface area contributed by atoms with E-state index in [-0.39, 0.29) is 17.3 Å². The number of sulfonamides is 1. The molecule has 8 nitrogen and oxygen atoms in total. The molecule has 2 aliphatic heterocycles. The minimum atomic E-state index is -3.95. The molecule has 2 heterocycles. The Hall–Kier alpha value is -3.56. The number of methoxy groups -OCH3 is 1. The zero-order valence-corrected chi connectivity index (χ0v) is 23.2. The topological polar surface area (TPSA) is 88.2 Å². The van der Waals surface area contributed by atoms with Crippen molar-refractivity contribution in [1.82, 2.24) is 10.2 Å². The standard InChI is InChI=1S/C30H35N3O5S/c1-22-6-15-27-28(18-22)38-29(21-33(27)39(35,36)26-13-11-25(37-2)12-14-26)30(34)31-19-23-7-9-24(10-8-23)20-32-16-4-3-5-17-32/h6-15,18,29H,3-5,16-17,19-21H2,1-2H3,(H,31,34)/t29-/m1/s1. The summed E-state index contributed by atoms with van der Waals surface area (Å²) in [7, 11) is -2.43. The molecule has 3 aromatic rings. The summed E-state index contributed by atoms with van der Waals surface area (Å²) in [5.41, 5.74) is 3.54. The van der Waals surface area contributed by atoms with E-state index in [9.17, 15) is 13.2 Å². The van der Waals surface area contributed by atoms with Crippen LogP contribution in [0.4, 0.5) is 5.69 Å². The number of piperidine rings is 1. The van der Waals surface area contributed by atoms with Crippen LogP contribution in [0.1, 0.15) is 36.0 Å². The largest absolute Gasteiger partial charge is 0.497 e. The molecule has 39 heavy (non-hydrogen) atoms. The number of nitrogens with one attached hydrogen (secondary N) is 1. The Kier molecular flexibility index (Phi) is 8.09. The summed E-state index contributed by atoms with van der Waals surface area (Å²) in [6.07, 6.45) is 2.84. The van der Waals surface area contributed by atoms with E-state index < -0.39 is 16.1 Å². The number of nitrogens with zero attached hydrogens (tertiary/aromatic N) is 2. The highest BCUT2D eigenvalue weighted by Gasteiger charge is 2.37. The number of carbonyl (C=O) groups excluding carboxylic acids is 1. The molecule has 3 aromatic carbocycles. The number of benzene rings is 3. The van der Waals surface area contributed by atoms with Crippen molar-refractivity contribution < 1.29 is 22.7 Å². The monoisotopic (exact) mass is 549 g/mol. The molecule has 0 bridgehead atoms. The Morgan fingerprint density at radius 3 is 2.36 bits per heavy atom. The second-order valence-electron chi connectivity index (χ2n) is 10.2. The third-order valence-corrected chi connectivity index (χ3v) is 9.06. The summed E-state index contributed by atoms with van der Waals surface area (Å²) in [4.78, 5) is 15.8. The predicted molar refractivity (Wildman–Crippen MR) is 151 cm³/mol. The van der Waals surface area contributed by atoms with Gasteiger partial charge < -0.3 is 14.8 Å². The van der Waals surface area contributed by atoms with Gasteiger partial charge in [-0.25, -0.2) is 8.42 Å². The summed E-state index contributed by atoms with van der Waals surface area (Å²) in [6.45, 7) is 5.32. The van der Waals surface area contributed by atoms with Gasteiger partial charge in [0.25, 0.3) is 15.9 Å². The van der Waals surface area contributed by atoms with Crippen molar-refractivity contribution in [3.05, 3.63) is 83.4 Å². The fraction of sp³-hybridized carbons (Fsp3) is 0.367. The third kappa shape index (κ3) is 6.20. The van der Waals surface area contributed by atoms with Crippen molar-refractivity contribution in [3.63, 3.8) is 0 Å². The highest BCUT2D eigenvalue weighted by molar-refractivity contribution is 7.92. The first-order chi connectivity index (χ1) is 18.8. The van der Waals surface area contributed by atoms with Crippen LogP contribution in [0.15, 0.2) is 71.6 Å². The third-order valence-electron chi connectivity index (χ3n) is 7.27. The first-order valence-corrected chi connectivity index (χ1v) is 14.8. The number of rotatable bonds is 8. The lowest BCUT2D eigenvalue weighted by Gasteiger charge is -2.35. The molecule has 206 valence electrons. The molecule has 0 saturated carbocycles. The molecule has 1 fully saturated rings. The van der Waals surface area contributed by atoms with Crippen molar-refractivity contribution in [2.45, 2.75) is 50.3 Å². The molecule has 2 aliphatic rings. The maximum atomic E-state index is 13.7. The zero-order valence-electron chi connectivity index (χ0n) is 22.4. The molecular weight excluding hydrogens is 514 g/mol. The molecule has 0 spiro atoms. The Morgan fingerprint density at radius 1 is 0.974 bits per heavy atom. The number of anilines is 1. The van der Waals surface area contributed by atoms with Gasteiger partial charge in [0.15, 0.2) is 6.10 Å². The lowest BCUT2D eigenvalue weighted by Crippen LogP contribution is -2.50. The number of likely N-dealkylation sites (tertiary alicyclic amines) is 1. The van der Waals surface area contributed by atoms with Crippen molar-refractivity contribution in [2.75, 3.05) is 31.0 Å². The number of aryl methyl sites for hydroxylation is 1. The number of ether oxygens (including phenoxy) is 2. The number of amides is 1. The number of fused-ring (bicyclic) bond motifs is 1. The van der Waals surface area contributed by atoms with Crippen molar-refractivity contribution in [1.29, 1.82) is 0 Å². The average molecular weight is 550 g/mol. The van der Waals surface area contributed by atoms with Crippen LogP contribution in [0.25, 0.3) is 0 Å². The highest BCUT2D eigenvalue weighted by Crippen LogP contribution is 2.38. The lowest BCUT2D eigenvalue weighted by molar-refractivity contribution is -0.127. The van der Waals surface area contributed by atoms with Gasteiger partial charge in [-0.1, -0.05) is 36.8 Å². The van der Waals surface area contributed by atoms with Crippen LogP contribution in [-0.2, 0) is 27.9 Å². The van der Waals surface area contributed by atoms with E-state index in [1.807, 2.05) is 25.1 Å². The molecule has 0 unspecified atom stereocenters. The number of hydrogen-bond donors (Lipinski definition) is 1. The summed E-state index contributed by atoms with van der Waals surface area (Å²) in [6, 6.07) is 19.8. The van der Waals surface area contributed by atoms with Crippen LogP contribution >= 0.6 is 0 Å². The van der Waals surface area contributed by atoms with Crippen molar-refractivity contribution in [3.8, 4) is 11.5 Å². The molecule has 0 aromatic heterocycles. The van der Waals surface area contributed by atoms with Gasteiger partial charge in [0, 0.05) is 13.1 Å². The Bertz CT molecular complexity index is 1400. The minimum Gasteiger partial charge on any atom is -0.497 e. The fourth-order valence-corrected chi connectivity index (χ4v) is 6.52. The maximum Gasteiger partial charge on any atom is 0.264 e. The second-order valence-corrected chi connectivity index (χ2v) is 12.0. The van der Waals surface area contributed by atoms with Gasteiger partial charge >= 0.3 is 0 Å². The first-order valence-electron chi connectivity index (χ1n) is 13.4. The van der Waals surface area contributed by atoms with Crippen molar-refractivity contribution >= 4 is 21.6 Å². The smallest absolute Gasteiger partial charge is 0.264 e. The van der Waals surface area contributed by atoms with E-state index in [0.717, 1.165) is 30.8 Å². The molecule has 9 heteroatoms. The lowest BCUT2D eigenvalue weighted by atomic mass is 10.1. The average Bonchev–Trinajstić information content (AvgIpc) is 2.96. The molecule has 1 amide bonds. The summed E-state index contributed by atoms with van der Waals surface area (Å²) in [5.74, 6) is 0.554. The predicted octanol–water partition coefficient (Wildman–Crippen LogP) is 4.26. The van der Waals surface area contributed by atoms with E-state index in [2.05, 4.69) is 22.3 Å². The van der Waals surface area contributed by atoms with Crippen LogP contribution in [-0.4, -0.2) is 52.1 Å². The molecule has 1 saturated heterocycles. The first kappa shape index (κ1) is 27.0. The van der Waals surface area contributed by atoms with Gasteiger partial charge in [-0.3, -0.25) is 14.0 Å². The van der Waals surface area contributed by atoms with Gasteiger partial charge in [0.2, 0.25) is 0 Å². The van der Waals surface area contributed by atoms with E-state index in [1.54, 1.807) is 24.3 Å². The van der Waals surface area contributed by atoms with Crippen LogP contribution in [0.2, 0.25) is 0 Å². The molecule has 5 rings (SSSR count). The van der Waals surface area contributed by atoms with Crippen LogP contribution in [0, 0.1) is 6.92 Å². The summed E-state index contributed by atoms with van der Waals surface area (Å²) < 4.78 is 39.7.